The van der Waals surface area contributed by atoms with E-state index < -0.39 is 0 Å². The van der Waals surface area contributed by atoms with Crippen LogP contribution < -0.4 is 5.73 Å². The molecule has 0 amide bonds. The Morgan fingerprint density at radius 3 is 2.56 bits per heavy atom. The molecule has 1 heterocycles. The molecule has 5 heteroatoms. The molecule has 4 nitrogen and oxygen atoms in total. The van der Waals surface area contributed by atoms with Gasteiger partial charge in [0, 0.05) is 23.6 Å². The van der Waals surface area contributed by atoms with Gasteiger partial charge in [0.05, 0.1) is 10.6 Å². The average Bonchev–Trinajstić information content (AvgIpc) is 2.32. The molecule has 0 fully saturated rings. The van der Waals surface area contributed by atoms with E-state index in [1.165, 1.54) is 6.07 Å². The van der Waals surface area contributed by atoms with Crippen LogP contribution in [0.2, 0.25) is 5.02 Å². The van der Waals surface area contributed by atoms with E-state index in [4.69, 9.17) is 22.6 Å². The maximum Gasteiger partial charge on any atom is 0.161 e. The van der Waals surface area contributed by atoms with Crippen LogP contribution in [0.4, 0.5) is 5.69 Å². The molecular weight excluding hydrogens is 224 g/mol. The summed E-state index contributed by atoms with van der Waals surface area (Å²) in [7, 11) is 0. The van der Waals surface area contributed by atoms with Crippen molar-refractivity contribution in [2.45, 2.75) is 0 Å². The van der Waals surface area contributed by atoms with Gasteiger partial charge >= 0.3 is 0 Å². The minimum absolute atomic E-state index is 0.346. The first-order valence-electron chi connectivity index (χ1n) is 4.49. The number of hydrogen-bond acceptors (Lipinski definition) is 4. The SMILES string of the molecule is N#Cc1cc(N)c(-c2ncccn2)cc1Cl. The zero-order chi connectivity index (χ0) is 11.5. The van der Waals surface area contributed by atoms with Crippen molar-refractivity contribution in [1.82, 2.24) is 9.97 Å². The summed E-state index contributed by atoms with van der Waals surface area (Å²) < 4.78 is 0. The Labute approximate surface area is 97.3 Å². The summed E-state index contributed by atoms with van der Waals surface area (Å²) in [6.07, 6.45) is 3.24. The number of nitrogens with two attached hydrogens (primary N) is 1. The molecule has 0 aliphatic rings. The summed E-state index contributed by atoms with van der Waals surface area (Å²) in [6, 6.07) is 6.80. The van der Waals surface area contributed by atoms with Crippen molar-refractivity contribution in [2.24, 2.45) is 0 Å². The van der Waals surface area contributed by atoms with Gasteiger partial charge in [-0.3, -0.25) is 0 Å². The minimum Gasteiger partial charge on any atom is -0.398 e. The number of anilines is 1. The fourth-order valence-electron chi connectivity index (χ4n) is 1.31. The highest BCUT2D eigenvalue weighted by molar-refractivity contribution is 6.32. The smallest absolute Gasteiger partial charge is 0.161 e. The standard InChI is InChI=1S/C11H7ClN4/c12-9-5-8(10(14)4-7(9)6-13)11-15-2-1-3-16-11/h1-5H,14H2. The maximum absolute atomic E-state index is 8.78. The highest BCUT2D eigenvalue weighted by Crippen LogP contribution is 2.28. The number of halogens is 1. The van der Waals surface area contributed by atoms with Gasteiger partial charge in [0.15, 0.2) is 5.82 Å². The molecule has 0 aliphatic heterocycles. The largest absolute Gasteiger partial charge is 0.398 e. The van der Waals surface area contributed by atoms with E-state index in [9.17, 15) is 0 Å². The van der Waals surface area contributed by atoms with E-state index in [0.29, 0.717) is 27.7 Å². The maximum atomic E-state index is 8.78. The quantitative estimate of drug-likeness (QED) is 0.763. The highest BCUT2D eigenvalue weighted by atomic mass is 35.5. The molecule has 78 valence electrons. The van der Waals surface area contributed by atoms with Crippen LogP contribution in [0.15, 0.2) is 30.6 Å². The first-order chi connectivity index (χ1) is 7.72. The van der Waals surface area contributed by atoms with E-state index in [1.54, 1.807) is 24.5 Å². The monoisotopic (exact) mass is 230 g/mol. The van der Waals surface area contributed by atoms with Gasteiger partial charge in [-0.15, -0.1) is 0 Å². The molecule has 0 bridgehead atoms. The molecule has 0 aliphatic carbocycles. The molecule has 0 atom stereocenters. The molecule has 1 aromatic heterocycles. The number of nitriles is 1. The molecule has 0 spiro atoms. The molecule has 0 unspecified atom stereocenters. The first-order valence-corrected chi connectivity index (χ1v) is 4.86. The lowest BCUT2D eigenvalue weighted by molar-refractivity contribution is 1.18. The molecule has 0 saturated carbocycles. The van der Waals surface area contributed by atoms with Gasteiger partial charge < -0.3 is 5.73 Å². The van der Waals surface area contributed by atoms with Gasteiger partial charge in [0.25, 0.3) is 0 Å². The van der Waals surface area contributed by atoms with Crippen LogP contribution in [0.1, 0.15) is 5.56 Å². The van der Waals surface area contributed by atoms with Crippen molar-refractivity contribution in [3.8, 4) is 17.5 Å². The topological polar surface area (TPSA) is 75.6 Å². The number of rotatable bonds is 1. The van der Waals surface area contributed by atoms with Crippen LogP contribution in [0, 0.1) is 11.3 Å². The van der Waals surface area contributed by atoms with Crippen LogP contribution in [0.5, 0.6) is 0 Å². The van der Waals surface area contributed by atoms with Gasteiger partial charge in [0.2, 0.25) is 0 Å². The van der Waals surface area contributed by atoms with Crippen molar-refractivity contribution >= 4 is 17.3 Å². The molecule has 2 rings (SSSR count). The van der Waals surface area contributed by atoms with E-state index in [0.717, 1.165) is 0 Å². The second-order valence-corrected chi connectivity index (χ2v) is 3.51. The molecule has 16 heavy (non-hydrogen) atoms. The number of nitrogen functional groups attached to an aromatic ring is 1. The molecule has 0 saturated heterocycles. The Bertz CT molecular complexity index is 560. The Kier molecular flexibility index (Phi) is 2.71. The Balaban J connectivity index is 2.60. The molecule has 2 N–H and O–H groups in total. The third kappa shape index (κ3) is 1.81. The van der Waals surface area contributed by atoms with Gasteiger partial charge in [-0.25, -0.2) is 9.97 Å². The normalized spacial score (nSPS) is 9.75. The van der Waals surface area contributed by atoms with Crippen LogP contribution in [0.25, 0.3) is 11.4 Å². The molecule has 1 aromatic carbocycles. The zero-order valence-corrected chi connectivity index (χ0v) is 8.94. The lowest BCUT2D eigenvalue weighted by Gasteiger charge is -2.05. The fourth-order valence-corrected chi connectivity index (χ4v) is 1.51. The Morgan fingerprint density at radius 2 is 1.94 bits per heavy atom. The minimum atomic E-state index is 0.346. The van der Waals surface area contributed by atoms with E-state index in [2.05, 4.69) is 9.97 Å². The number of hydrogen-bond donors (Lipinski definition) is 1. The molecular formula is C11H7ClN4. The van der Waals surface area contributed by atoms with E-state index >= 15 is 0 Å². The van der Waals surface area contributed by atoms with Crippen molar-refractivity contribution in [1.29, 1.82) is 5.26 Å². The Morgan fingerprint density at radius 1 is 1.25 bits per heavy atom. The second kappa shape index (κ2) is 4.17. The van der Waals surface area contributed by atoms with Crippen LogP contribution >= 0.6 is 11.6 Å². The van der Waals surface area contributed by atoms with Gasteiger partial charge in [-0.2, -0.15) is 5.26 Å². The third-order valence-electron chi connectivity index (χ3n) is 2.07. The molecule has 0 radical (unpaired) electrons. The van der Waals surface area contributed by atoms with Crippen molar-refractivity contribution < 1.29 is 0 Å². The lowest BCUT2D eigenvalue weighted by atomic mass is 10.1. The second-order valence-electron chi connectivity index (χ2n) is 3.10. The van der Waals surface area contributed by atoms with Crippen molar-refractivity contribution in [3.63, 3.8) is 0 Å². The predicted molar refractivity (Wildman–Crippen MR) is 61.6 cm³/mol. The summed E-state index contributed by atoms with van der Waals surface area (Å²) >= 11 is 5.92. The predicted octanol–water partition coefficient (Wildman–Crippen LogP) is 2.25. The summed E-state index contributed by atoms with van der Waals surface area (Å²) in [5, 5.41) is 9.13. The molecule has 2 aromatic rings. The van der Waals surface area contributed by atoms with E-state index in [-0.39, 0.29) is 0 Å². The van der Waals surface area contributed by atoms with Gasteiger partial charge in [0.1, 0.15) is 6.07 Å². The first kappa shape index (κ1) is 10.4. The highest BCUT2D eigenvalue weighted by Gasteiger charge is 2.09. The summed E-state index contributed by atoms with van der Waals surface area (Å²) in [6.45, 7) is 0. The van der Waals surface area contributed by atoms with Crippen LogP contribution in [-0.4, -0.2) is 9.97 Å². The fraction of sp³-hybridized carbons (Fsp3) is 0. The van der Waals surface area contributed by atoms with Crippen molar-refractivity contribution in [3.05, 3.63) is 41.2 Å². The number of aromatic nitrogens is 2. The summed E-state index contributed by atoms with van der Waals surface area (Å²) in [5.74, 6) is 0.492. The Hall–Kier alpha value is -2.12. The summed E-state index contributed by atoms with van der Waals surface area (Å²) in [5.41, 5.74) is 7.22. The van der Waals surface area contributed by atoms with Crippen LogP contribution in [-0.2, 0) is 0 Å². The number of benzene rings is 1. The van der Waals surface area contributed by atoms with Gasteiger partial charge in [-0.05, 0) is 18.2 Å². The lowest BCUT2D eigenvalue weighted by Crippen LogP contribution is -1.95. The van der Waals surface area contributed by atoms with Crippen LogP contribution in [0.3, 0.4) is 0 Å². The third-order valence-corrected chi connectivity index (χ3v) is 2.38. The summed E-state index contributed by atoms with van der Waals surface area (Å²) in [4.78, 5) is 8.15. The zero-order valence-electron chi connectivity index (χ0n) is 8.18. The average molecular weight is 231 g/mol. The van der Waals surface area contributed by atoms with Gasteiger partial charge in [-0.1, -0.05) is 11.6 Å². The van der Waals surface area contributed by atoms with Crippen molar-refractivity contribution in [2.75, 3.05) is 5.73 Å². The number of nitrogens with zero attached hydrogens (tertiary/aromatic N) is 3. The van der Waals surface area contributed by atoms with E-state index in [1.807, 2.05) is 6.07 Å².